The zero-order valence-electron chi connectivity index (χ0n) is 9.82. The van der Waals surface area contributed by atoms with Crippen molar-refractivity contribution >= 4 is 90.4 Å². The van der Waals surface area contributed by atoms with Crippen LogP contribution in [0.25, 0.3) is 0 Å². The molecule has 0 heterocycles. The molecule has 20 heavy (non-hydrogen) atoms. The molecule has 0 saturated carbocycles. The maximum atomic E-state index is 9.63. The fraction of sp³-hybridized carbons (Fsp3) is 0. The van der Waals surface area contributed by atoms with Crippen LogP contribution in [0.2, 0.25) is 0 Å². The second kappa shape index (κ2) is 11.1. The molecule has 0 aliphatic rings. The molecule has 14 nitrogen and oxygen atoms in total. The molecule has 0 fully saturated rings. The van der Waals surface area contributed by atoms with Crippen LogP contribution in [0.3, 0.4) is 0 Å². The minimum atomic E-state index is -5.05. The van der Waals surface area contributed by atoms with Gasteiger partial charge in [0.15, 0.2) is 0 Å². The molecule has 0 bridgehead atoms. The van der Waals surface area contributed by atoms with Crippen LogP contribution in [0.1, 0.15) is 0 Å². The summed E-state index contributed by atoms with van der Waals surface area (Å²) in [5, 5.41) is 0. The van der Waals surface area contributed by atoms with Gasteiger partial charge in [-0.25, -0.2) is 18.3 Å². The summed E-state index contributed by atoms with van der Waals surface area (Å²) in [5.41, 5.74) is 0. The fourth-order valence-corrected chi connectivity index (χ4v) is 2.49. The third-order valence-corrected chi connectivity index (χ3v) is 3.83. The summed E-state index contributed by atoms with van der Waals surface area (Å²) in [4.78, 5) is 62.0. The summed E-state index contributed by atoms with van der Waals surface area (Å²) in [6.07, 6.45) is 0. The van der Waals surface area contributed by atoms with Crippen molar-refractivity contribution in [1.82, 2.24) is 0 Å². The van der Waals surface area contributed by atoms with E-state index in [1.165, 1.54) is 0 Å². The molecule has 0 rings (SSSR count). The van der Waals surface area contributed by atoms with Crippen LogP contribution < -0.4 is 0 Å². The topological polar surface area (TPSA) is 249 Å². The Morgan fingerprint density at radius 2 is 0.550 bits per heavy atom. The molecule has 0 amide bonds. The quantitative estimate of drug-likeness (QED) is 0.181. The standard InChI is InChI=1S/2Na.2H4O7P2/c;;2*1-8(2,3)7-9(4,5)6/h;;2*(H2,1,2,3)(H2,4,5,6). The fourth-order valence-electron chi connectivity index (χ4n) is 0.277. The molecule has 0 aromatic rings. The van der Waals surface area contributed by atoms with Gasteiger partial charge < -0.3 is 39.1 Å². The minimum absolute atomic E-state index is 0. The molecule has 0 aromatic carbocycles. The van der Waals surface area contributed by atoms with Crippen molar-refractivity contribution in [3.05, 3.63) is 0 Å². The van der Waals surface area contributed by atoms with Crippen LogP contribution >= 0.6 is 31.3 Å². The van der Waals surface area contributed by atoms with E-state index < -0.39 is 31.3 Å². The Labute approximate surface area is 155 Å². The summed E-state index contributed by atoms with van der Waals surface area (Å²) in [7, 11) is -20.2. The Hall–Kier alpha value is 2.52. The van der Waals surface area contributed by atoms with E-state index in [0.717, 1.165) is 0 Å². The summed E-state index contributed by atoms with van der Waals surface area (Å²) in [6, 6.07) is 0. The first-order valence-corrected chi connectivity index (χ1v) is 9.18. The van der Waals surface area contributed by atoms with Crippen molar-refractivity contribution in [2.45, 2.75) is 0 Å². The van der Waals surface area contributed by atoms with Gasteiger partial charge in [-0.15, -0.1) is 0 Å². The first-order valence-electron chi connectivity index (χ1n) is 3.06. The molecule has 0 aliphatic heterocycles. The van der Waals surface area contributed by atoms with E-state index in [2.05, 4.69) is 8.62 Å². The van der Waals surface area contributed by atoms with Crippen molar-refractivity contribution in [3.63, 3.8) is 0 Å². The van der Waals surface area contributed by atoms with E-state index in [1.807, 2.05) is 0 Å². The molecular formula is H8Na2O14P4. The normalized spacial score (nSPS) is 12.4. The zero-order valence-corrected chi connectivity index (χ0v) is 17.4. The molecule has 0 spiro atoms. The van der Waals surface area contributed by atoms with Crippen LogP contribution in [-0.4, -0.2) is 98.3 Å². The van der Waals surface area contributed by atoms with Gasteiger partial charge in [0.1, 0.15) is 0 Å². The SMILES string of the molecule is O=P(O)(O)OP(=O)(O)O.O=P(O)(O)OP(=O)(O)O.[Na].[Na]. The summed E-state index contributed by atoms with van der Waals surface area (Å²) in [6.45, 7) is 0. The molecule has 0 unspecified atom stereocenters. The van der Waals surface area contributed by atoms with E-state index >= 15 is 0 Å². The predicted octanol–water partition coefficient (Wildman–Crippen LogP) is -2.38. The van der Waals surface area contributed by atoms with Gasteiger partial charge in [-0.1, -0.05) is 0 Å². The first-order chi connectivity index (χ1) is 7.41. The van der Waals surface area contributed by atoms with Crippen LogP contribution in [0.4, 0.5) is 0 Å². The predicted molar refractivity (Wildman–Crippen MR) is 61.9 cm³/mol. The number of phosphoric acid groups is 4. The molecule has 0 saturated heterocycles. The number of hydrogen-bond acceptors (Lipinski definition) is 6. The van der Waals surface area contributed by atoms with E-state index in [1.54, 1.807) is 0 Å². The van der Waals surface area contributed by atoms with Gasteiger partial charge in [-0.3, -0.25) is 0 Å². The van der Waals surface area contributed by atoms with E-state index in [4.69, 9.17) is 39.1 Å². The van der Waals surface area contributed by atoms with Gasteiger partial charge in [-0.05, 0) is 0 Å². The Balaban J connectivity index is -0.000000116. The monoisotopic (exact) mass is 402 g/mol. The number of rotatable bonds is 4. The largest absolute Gasteiger partial charge is 0.478 e. The molecule has 8 N–H and O–H groups in total. The van der Waals surface area contributed by atoms with Gasteiger partial charge in [0.2, 0.25) is 0 Å². The van der Waals surface area contributed by atoms with E-state index in [-0.39, 0.29) is 59.1 Å². The van der Waals surface area contributed by atoms with Crippen LogP contribution in [0.15, 0.2) is 0 Å². The molecular weight excluding hydrogens is 394 g/mol. The average Bonchev–Trinajstić information content (AvgIpc) is 1.64. The van der Waals surface area contributed by atoms with Gasteiger partial charge in [0.05, 0.1) is 0 Å². The molecule has 114 valence electrons. The van der Waals surface area contributed by atoms with Gasteiger partial charge in [0, 0.05) is 59.1 Å². The Kier molecular flexibility index (Phi) is 16.9. The Morgan fingerprint density at radius 1 is 0.450 bits per heavy atom. The molecule has 0 aromatic heterocycles. The average molecular weight is 402 g/mol. The van der Waals surface area contributed by atoms with Crippen molar-refractivity contribution < 1.29 is 66.0 Å². The maximum absolute atomic E-state index is 9.63. The van der Waals surface area contributed by atoms with Crippen molar-refractivity contribution in [2.24, 2.45) is 0 Å². The molecule has 0 aliphatic carbocycles. The second-order valence-corrected chi connectivity index (χ2v) is 7.36. The van der Waals surface area contributed by atoms with Gasteiger partial charge in [0.25, 0.3) is 0 Å². The van der Waals surface area contributed by atoms with Gasteiger partial charge >= 0.3 is 31.3 Å². The van der Waals surface area contributed by atoms with E-state index in [0.29, 0.717) is 0 Å². The summed E-state index contributed by atoms with van der Waals surface area (Å²) < 4.78 is 44.4. The van der Waals surface area contributed by atoms with Crippen molar-refractivity contribution in [1.29, 1.82) is 0 Å². The third kappa shape index (κ3) is 37.1. The number of hydrogen-bond donors (Lipinski definition) is 8. The Bertz CT molecular complexity index is 346. The molecule has 0 atom stereocenters. The first kappa shape index (κ1) is 30.4. The zero-order chi connectivity index (χ0) is 15.4. The third-order valence-electron chi connectivity index (χ3n) is 0.425. The minimum Gasteiger partial charge on any atom is -0.302 e. The smallest absolute Gasteiger partial charge is 0.302 e. The van der Waals surface area contributed by atoms with Crippen LogP contribution in [0.5, 0.6) is 0 Å². The maximum Gasteiger partial charge on any atom is 0.478 e. The second-order valence-electron chi connectivity index (χ2n) is 2.13. The van der Waals surface area contributed by atoms with Crippen molar-refractivity contribution in [3.8, 4) is 0 Å². The van der Waals surface area contributed by atoms with E-state index in [9.17, 15) is 18.3 Å². The van der Waals surface area contributed by atoms with Crippen LogP contribution in [0, 0.1) is 0 Å². The molecule has 2 radical (unpaired) electrons. The van der Waals surface area contributed by atoms with Gasteiger partial charge in [-0.2, -0.15) is 8.62 Å². The van der Waals surface area contributed by atoms with Crippen LogP contribution in [-0.2, 0) is 26.9 Å². The molecule has 20 heteroatoms. The Morgan fingerprint density at radius 3 is 0.550 bits per heavy atom. The summed E-state index contributed by atoms with van der Waals surface area (Å²) in [5.74, 6) is 0. The van der Waals surface area contributed by atoms with Crippen molar-refractivity contribution in [2.75, 3.05) is 0 Å². The summed E-state index contributed by atoms with van der Waals surface area (Å²) >= 11 is 0.